The predicted molar refractivity (Wildman–Crippen MR) is 66.8 cm³/mol. The SMILES string of the molecule is CC1=CC[C@@H]2C(=C(C)C)CC[C@@]2(C)CC1. The molecule has 2 rings (SSSR count). The highest BCUT2D eigenvalue weighted by molar-refractivity contribution is 5.25. The van der Waals surface area contributed by atoms with Crippen molar-refractivity contribution in [2.45, 2.75) is 59.8 Å². The molecule has 0 bridgehead atoms. The Kier molecular flexibility index (Phi) is 2.79. The van der Waals surface area contributed by atoms with E-state index in [2.05, 4.69) is 33.8 Å². The van der Waals surface area contributed by atoms with E-state index in [1.54, 1.807) is 16.7 Å². The van der Waals surface area contributed by atoms with Crippen molar-refractivity contribution in [1.29, 1.82) is 0 Å². The second-order valence-corrected chi connectivity index (χ2v) is 6.02. The predicted octanol–water partition coefficient (Wildman–Crippen LogP) is 4.87. The lowest BCUT2D eigenvalue weighted by atomic mass is 9.74. The Bertz CT molecular complexity index is 315. The van der Waals surface area contributed by atoms with Crippen LogP contribution in [0.4, 0.5) is 0 Å². The van der Waals surface area contributed by atoms with Crippen molar-refractivity contribution in [3.05, 3.63) is 22.8 Å². The van der Waals surface area contributed by atoms with Gasteiger partial charge in [-0.15, -0.1) is 0 Å². The van der Waals surface area contributed by atoms with Crippen LogP contribution in [-0.2, 0) is 0 Å². The second-order valence-electron chi connectivity index (χ2n) is 6.02. The van der Waals surface area contributed by atoms with Gasteiger partial charge in [-0.05, 0) is 64.2 Å². The van der Waals surface area contributed by atoms with E-state index in [1.807, 2.05) is 0 Å². The Morgan fingerprint density at radius 1 is 1.27 bits per heavy atom. The van der Waals surface area contributed by atoms with E-state index < -0.39 is 0 Å². The molecule has 84 valence electrons. The summed E-state index contributed by atoms with van der Waals surface area (Å²) in [6.07, 6.45) is 9.28. The molecule has 0 aliphatic heterocycles. The van der Waals surface area contributed by atoms with Crippen LogP contribution in [0.15, 0.2) is 22.8 Å². The maximum Gasteiger partial charge on any atom is -0.0112 e. The number of rotatable bonds is 0. The zero-order valence-corrected chi connectivity index (χ0v) is 10.7. The van der Waals surface area contributed by atoms with Gasteiger partial charge in [0.25, 0.3) is 0 Å². The minimum Gasteiger partial charge on any atom is -0.0850 e. The number of hydrogen-bond donors (Lipinski definition) is 0. The van der Waals surface area contributed by atoms with Gasteiger partial charge in [-0.2, -0.15) is 0 Å². The summed E-state index contributed by atoms with van der Waals surface area (Å²) in [5, 5.41) is 0. The summed E-state index contributed by atoms with van der Waals surface area (Å²) in [5.41, 5.74) is 5.56. The van der Waals surface area contributed by atoms with E-state index in [4.69, 9.17) is 0 Å². The van der Waals surface area contributed by atoms with Crippen molar-refractivity contribution in [2.24, 2.45) is 11.3 Å². The fourth-order valence-electron chi connectivity index (χ4n) is 3.42. The highest BCUT2D eigenvalue weighted by atomic mass is 14.5. The van der Waals surface area contributed by atoms with Crippen LogP contribution >= 0.6 is 0 Å². The zero-order valence-electron chi connectivity index (χ0n) is 10.7. The van der Waals surface area contributed by atoms with Gasteiger partial charge in [0.05, 0.1) is 0 Å². The van der Waals surface area contributed by atoms with Gasteiger partial charge in [-0.25, -0.2) is 0 Å². The molecule has 0 saturated heterocycles. The zero-order chi connectivity index (χ0) is 11.1. The van der Waals surface area contributed by atoms with Crippen LogP contribution in [0.25, 0.3) is 0 Å². The molecule has 1 fully saturated rings. The first-order valence-electron chi connectivity index (χ1n) is 6.35. The lowest BCUT2D eigenvalue weighted by Gasteiger charge is -2.30. The van der Waals surface area contributed by atoms with Crippen LogP contribution in [0.1, 0.15) is 59.8 Å². The quantitative estimate of drug-likeness (QED) is 0.494. The fourth-order valence-corrected chi connectivity index (χ4v) is 3.42. The summed E-state index contributed by atoms with van der Waals surface area (Å²) in [7, 11) is 0. The molecule has 0 heteroatoms. The van der Waals surface area contributed by atoms with Gasteiger partial charge in [0.2, 0.25) is 0 Å². The Morgan fingerprint density at radius 2 is 1.93 bits per heavy atom. The molecule has 15 heavy (non-hydrogen) atoms. The molecule has 0 N–H and O–H groups in total. The third-order valence-electron chi connectivity index (χ3n) is 4.66. The second kappa shape index (κ2) is 3.81. The van der Waals surface area contributed by atoms with Crippen molar-refractivity contribution in [1.82, 2.24) is 0 Å². The van der Waals surface area contributed by atoms with Crippen molar-refractivity contribution in [2.75, 3.05) is 0 Å². The van der Waals surface area contributed by atoms with Gasteiger partial charge < -0.3 is 0 Å². The molecular weight excluding hydrogens is 180 g/mol. The van der Waals surface area contributed by atoms with E-state index in [0.717, 1.165) is 5.92 Å². The van der Waals surface area contributed by atoms with E-state index >= 15 is 0 Å². The standard InChI is InChI=1S/C15H24/c1-11(2)13-8-10-15(4)9-7-12(3)5-6-14(13)15/h5,14H,6-10H2,1-4H3/t14-,15-/m1/s1. The smallest absolute Gasteiger partial charge is 0.0112 e. The first-order chi connectivity index (χ1) is 7.03. The Morgan fingerprint density at radius 3 is 2.60 bits per heavy atom. The average molecular weight is 204 g/mol. The molecule has 0 unspecified atom stereocenters. The van der Waals surface area contributed by atoms with Gasteiger partial charge in [0.15, 0.2) is 0 Å². The van der Waals surface area contributed by atoms with Crippen LogP contribution in [-0.4, -0.2) is 0 Å². The molecular formula is C15H24. The van der Waals surface area contributed by atoms with Crippen LogP contribution in [0.2, 0.25) is 0 Å². The summed E-state index contributed by atoms with van der Waals surface area (Å²) in [6.45, 7) is 9.40. The highest BCUT2D eigenvalue weighted by Gasteiger charge is 2.41. The summed E-state index contributed by atoms with van der Waals surface area (Å²) in [6, 6.07) is 0. The van der Waals surface area contributed by atoms with Gasteiger partial charge in [-0.3, -0.25) is 0 Å². The monoisotopic (exact) mass is 204 g/mol. The molecule has 0 heterocycles. The number of fused-ring (bicyclic) bond motifs is 1. The molecule has 2 aliphatic rings. The van der Waals surface area contributed by atoms with Crippen LogP contribution in [0.3, 0.4) is 0 Å². The summed E-state index contributed by atoms with van der Waals surface area (Å²) in [5.74, 6) is 0.847. The van der Waals surface area contributed by atoms with Gasteiger partial charge >= 0.3 is 0 Å². The van der Waals surface area contributed by atoms with Crippen molar-refractivity contribution in [3.8, 4) is 0 Å². The minimum atomic E-state index is 0.598. The Hall–Kier alpha value is -0.520. The molecule has 0 radical (unpaired) electrons. The summed E-state index contributed by atoms with van der Waals surface area (Å²) in [4.78, 5) is 0. The largest absolute Gasteiger partial charge is 0.0850 e. The Labute approximate surface area is 94.5 Å². The third kappa shape index (κ3) is 1.91. The van der Waals surface area contributed by atoms with E-state index in [0.29, 0.717) is 5.41 Å². The normalized spacial score (nSPS) is 35.9. The molecule has 0 aromatic heterocycles. The van der Waals surface area contributed by atoms with E-state index in [1.165, 1.54) is 32.1 Å². The first-order valence-corrected chi connectivity index (χ1v) is 6.35. The van der Waals surface area contributed by atoms with E-state index in [9.17, 15) is 0 Å². The highest BCUT2D eigenvalue weighted by Crippen LogP contribution is 2.53. The van der Waals surface area contributed by atoms with Crippen molar-refractivity contribution < 1.29 is 0 Å². The molecule has 0 spiro atoms. The molecule has 0 aromatic carbocycles. The number of hydrogen-bond acceptors (Lipinski definition) is 0. The molecule has 0 aromatic rings. The Balaban J connectivity index is 2.31. The lowest BCUT2D eigenvalue weighted by molar-refractivity contribution is 0.234. The minimum absolute atomic E-state index is 0.598. The van der Waals surface area contributed by atoms with Crippen LogP contribution in [0, 0.1) is 11.3 Å². The van der Waals surface area contributed by atoms with Gasteiger partial charge in [0, 0.05) is 0 Å². The first kappa shape index (κ1) is 11.0. The number of allylic oxidation sites excluding steroid dienone is 4. The molecule has 2 atom stereocenters. The molecule has 0 nitrogen and oxygen atoms in total. The lowest BCUT2D eigenvalue weighted by Crippen LogP contribution is -2.21. The molecule has 2 aliphatic carbocycles. The molecule has 1 saturated carbocycles. The average Bonchev–Trinajstić information content (AvgIpc) is 2.43. The van der Waals surface area contributed by atoms with E-state index in [-0.39, 0.29) is 0 Å². The summed E-state index contributed by atoms with van der Waals surface area (Å²) >= 11 is 0. The van der Waals surface area contributed by atoms with Gasteiger partial charge in [-0.1, -0.05) is 29.7 Å². The fraction of sp³-hybridized carbons (Fsp3) is 0.733. The third-order valence-corrected chi connectivity index (χ3v) is 4.66. The van der Waals surface area contributed by atoms with Crippen molar-refractivity contribution >= 4 is 0 Å². The van der Waals surface area contributed by atoms with Crippen LogP contribution < -0.4 is 0 Å². The van der Waals surface area contributed by atoms with Gasteiger partial charge in [0.1, 0.15) is 0 Å². The molecule has 0 amide bonds. The maximum absolute atomic E-state index is 2.51. The van der Waals surface area contributed by atoms with Crippen molar-refractivity contribution in [3.63, 3.8) is 0 Å². The topological polar surface area (TPSA) is 0 Å². The van der Waals surface area contributed by atoms with Crippen LogP contribution in [0.5, 0.6) is 0 Å². The maximum atomic E-state index is 2.51. The summed E-state index contributed by atoms with van der Waals surface area (Å²) < 4.78 is 0.